The Morgan fingerprint density at radius 3 is 2.17 bits per heavy atom. The van der Waals surface area contributed by atoms with Crippen molar-refractivity contribution in [2.75, 3.05) is 12.5 Å². The van der Waals surface area contributed by atoms with Gasteiger partial charge in [-0.2, -0.15) is 15.0 Å². The molecule has 66 valence electrons. The molecule has 4 nitrogen and oxygen atoms in total. The van der Waals surface area contributed by atoms with Crippen LogP contribution < -0.4 is 4.74 Å². The highest BCUT2D eigenvalue weighted by Gasteiger charge is 2.02. The molecule has 12 heavy (non-hydrogen) atoms. The molecule has 0 aliphatic rings. The Morgan fingerprint density at radius 2 is 1.67 bits per heavy atom. The zero-order valence-corrected chi connectivity index (χ0v) is 8.07. The number of rotatable bonds is 3. The van der Waals surface area contributed by atoms with Gasteiger partial charge in [-0.15, -0.1) is 11.6 Å². The van der Waals surface area contributed by atoms with Crippen molar-refractivity contribution in [1.29, 1.82) is 0 Å². The summed E-state index contributed by atoms with van der Waals surface area (Å²) in [7, 11) is 0. The van der Waals surface area contributed by atoms with E-state index in [0.29, 0.717) is 12.5 Å². The van der Waals surface area contributed by atoms with Gasteiger partial charge in [-0.3, -0.25) is 0 Å². The maximum atomic E-state index is 5.47. The molecular formula is C5H4Cl3N3O. The zero-order valence-electron chi connectivity index (χ0n) is 5.80. The molecule has 0 aliphatic heterocycles. The quantitative estimate of drug-likeness (QED) is 0.740. The summed E-state index contributed by atoms with van der Waals surface area (Å²) in [4.78, 5) is 10.8. The summed E-state index contributed by atoms with van der Waals surface area (Å²) in [6.07, 6.45) is 0. The lowest BCUT2D eigenvalue weighted by Gasteiger charge is -2.00. The number of nitrogens with zero attached hydrogens (tertiary/aromatic N) is 3. The average molecular weight is 228 g/mol. The lowest BCUT2D eigenvalue weighted by Crippen LogP contribution is -2.03. The minimum atomic E-state index is -0.000396. The third-order valence-electron chi connectivity index (χ3n) is 0.869. The Hall–Kier alpha value is -0.320. The van der Waals surface area contributed by atoms with Crippen LogP contribution in [0.2, 0.25) is 10.6 Å². The normalized spacial score (nSPS) is 9.92. The van der Waals surface area contributed by atoms with Crippen LogP contribution in [0.4, 0.5) is 0 Å². The third kappa shape index (κ3) is 2.97. The van der Waals surface area contributed by atoms with Crippen molar-refractivity contribution in [3.05, 3.63) is 10.6 Å². The SMILES string of the molecule is ClCCOc1nc(Cl)nc(Cl)n1. The highest BCUT2D eigenvalue weighted by atomic mass is 35.5. The minimum Gasteiger partial charge on any atom is -0.462 e. The van der Waals surface area contributed by atoms with Gasteiger partial charge in [0.15, 0.2) is 0 Å². The smallest absolute Gasteiger partial charge is 0.322 e. The minimum absolute atomic E-state index is 0.000396. The predicted molar refractivity (Wildman–Crippen MR) is 46.1 cm³/mol. The topological polar surface area (TPSA) is 47.9 Å². The molecule has 1 aromatic heterocycles. The van der Waals surface area contributed by atoms with Gasteiger partial charge >= 0.3 is 6.01 Å². The summed E-state index contributed by atoms with van der Waals surface area (Å²) in [5.41, 5.74) is 0. The lowest BCUT2D eigenvalue weighted by molar-refractivity contribution is 0.313. The van der Waals surface area contributed by atoms with Crippen LogP contribution in [0.1, 0.15) is 0 Å². The molecule has 0 saturated carbocycles. The maximum absolute atomic E-state index is 5.47. The first-order chi connectivity index (χ1) is 5.72. The largest absolute Gasteiger partial charge is 0.462 e. The second-order valence-electron chi connectivity index (χ2n) is 1.69. The van der Waals surface area contributed by atoms with E-state index in [9.17, 15) is 0 Å². The summed E-state index contributed by atoms with van der Waals surface area (Å²) in [6.45, 7) is 0.304. The van der Waals surface area contributed by atoms with Crippen molar-refractivity contribution in [2.45, 2.75) is 0 Å². The van der Waals surface area contributed by atoms with Crippen molar-refractivity contribution in [3.63, 3.8) is 0 Å². The summed E-state index contributed by atoms with van der Waals surface area (Å²) in [5, 5.41) is -0.000792. The van der Waals surface area contributed by atoms with Gasteiger partial charge in [0, 0.05) is 0 Å². The van der Waals surface area contributed by atoms with Crippen molar-refractivity contribution >= 4 is 34.8 Å². The molecule has 0 spiro atoms. The molecule has 0 amide bonds. The van der Waals surface area contributed by atoms with Crippen LogP contribution >= 0.6 is 34.8 Å². The van der Waals surface area contributed by atoms with Crippen molar-refractivity contribution in [1.82, 2.24) is 15.0 Å². The van der Waals surface area contributed by atoms with Gasteiger partial charge in [0.1, 0.15) is 6.61 Å². The first-order valence-corrected chi connectivity index (χ1v) is 4.27. The van der Waals surface area contributed by atoms with Crippen molar-refractivity contribution in [3.8, 4) is 6.01 Å². The number of alkyl halides is 1. The molecule has 0 aliphatic carbocycles. The van der Waals surface area contributed by atoms with Crippen LogP contribution in [0.15, 0.2) is 0 Å². The van der Waals surface area contributed by atoms with Crippen LogP contribution in [0, 0.1) is 0 Å². The first kappa shape index (κ1) is 9.77. The van der Waals surface area contributed by atoms with E-state index in [-0.39, 0.29) is 16.6 Å². The molecule has 0 saturated heterocycles. The average Bonchev–Trinajstić information content (AvgIpc) is 1.99. The molecule has 0 bridgehead atoms. The number of hydrogen-bond donors (Lipinski definition) is 0. The molecule has 0 N–H and O–H groups in total. The Kier molecular flexibility index (Phi) is 3.78. The monoisotopic (exact) mass is 227 g/mol. The molecule has 0 atom stereocenters. The zero-order chi connectivity index (χ0) is 8.97. The van der Waals surface area contributed by atoms with E-state index in [2.05, 4.69) is 15.0 Å². The molecule has 1 rings (SSSR count). The van der Waals surface area contributed by atoms with Gasteiger partial charge in [-0.1, -0.05) is 0 Å². The Labute approximate surface area is 83.8 Å². The van der Waals surface area contributed by atoms with Crippen molar-refractivity contribution in [2.24, 2.45) is 0 Å². The molecule has 0 radical (unpaired) electrons. The summed E-state index contributed by atoms with van der Waals surface area (Å²) in [6, 6.07) is 0.0839. The standard InChI is InChI=1S/C5H4Cl3N3O/c6-1-2-12-5-10-3(7)9-4(8)11-5/h1-2H2. The first-order valence-electron chi connectivity index (χ1n) is 2.98. The third-order valence-corrected chi connectivity index (χ3v) is 1.36. The number of ether oxygens (including phenoxy) is 1. The van der Waals surface area contributed by atoms with Gasteiger partial charge in [-0.05, 0) is 23.2 Å². The number of hydrogen-bond acceptors (Lipinski definition) is 4. The molecule has 7 heteroatoms. The van der Waals surface area contributed by atoms with Gasteiger partial charge in [0.2, 0.25) is 10.6 Å². The van der Waals surface area contributed by atoms with Crippen LogP contribution in [0.3, 0.4) is 0 Å². The predicted octanol–water partition coefficient (Wildman–Crippen LogP) is 1.80. The van der Waals surface area contributed by atoms with Crippen LogP contribution in [-0.2, 0) is 0 Å². The van der Waals surface area contributed by atoms with E-state index < -0.39 is 0 Å². The molecular weight excluding hydrogens is 224 g/mol. The summed E-state index contributed by atoms with van der Waals surface area (Å²) >= 11 is 16.3. The maximum Gasteiger partial charge on any atom is 0.322 e. The van der Waals surface area contributed by atoms with E-state index in [1.54, 1.807) is 0 Å². The summed E-state index contributed by atoms with van der Waals surface area (Å²) < 4.78 is 4.95. The van der Waals surface area contributed by atoms with E-state index in [0.717, 1.165) is 0 Å². The molecule has 1 aromatic rings. The van der Waals surface area contributed by atoms with E-state index in [1.165, 1.54) is 0 Å². The van der Waals surface area contributed by atoms with Gasteiger partial charge in [-0.25, -0.2) is 0 Å². The second kappa shape index (κ2) is 4.64. The number of aromatic nitrogens is 3. The molecule has 1 heterocycles. The number of halogens is 3. The second-order valence-corrected chi connectivity index (χ2v) is 2.75. The van der Waals surface area contributed by atoms with Crippen LogP contribution in [0.25, 0.3) is 0 Å². The molecule has 0 unspecified atom stereocenters. The van der Waals surface area contributed by atoms with Crippen LogP contribution in [0.5, 0.6) is 6.01 Å². The Balaban J connectivity index is 2.72. The summed E-state index contributed by atoms with van der Waals surface area (Å²) in [5.74, 6) is 0.348. The lowest BCUT2D eigenvalue weighted by atomic mass is 10.8. The molecule has 0 aromatic carbocycles. The highest BCUT2D eigenvalue weighted by Crippen LogP contribution is 2.10. The van der Waals surface area contributed by atoms with Gasteiger partial charge in [0.05, 0.1) is 5.88 Å². The Morgan fingerprint density at radius 1 is 1.08 bits per heavy atom. The van der Waals surface area contributed by atoms with E-state index >= 15 is 0 Å². The molecule has 0 fully saturated rings. The van der Waals surface area contributed by atoms with Gasteiger partial charge < -0.3 is 4.74 Å². The van der Waals surface area contributed by atoms with E-state index in [1.807, 2.05) is 0 Å². The fraction of sp³-hybridized carbons (Fsp3) is 0.400. The van der Waals surface area contributed by atoms with Crippen LogP contribution in [-0.4, -0.2) is 27.4 Å². The fourth-order valence-electron chi connectivity index (χ4n) is 0.503. The Bertz CT molecular complexity index is 250. The van der Waals surface area contributed by atoms with Gasteiger partial charge in [0.25, 0.3) is 0 Å². The van der Waals surface area contributed by atoms with E-state index in [4.69, 9.17) is 39.5 Å². The fourth-order valence-corrected chi connectivity index (χ4v) is 0.929. The highest BCUT2D eigenvalue weighted by molar-refractivity contribution is 6.31. The van der Waals surface area contributed by atoms with Crippen molar-refractivity contribution < 1.29 is 4.74 Å².